The number of hydrogen-bond acceptors (Lipinski definition) is 3. The standard InChI is InChI=1S/C14H19F3N2O/c1-10-6-19(8-13(10)18)7-11-2-4-12(5-3-11)20-9-14(15,16)17/h2-5,10,13H,6-9,18H2,1H3. The Labute approximate surface area is 116 Å². The molecule has 1 heterocycles. The van der Waals surface area contributed by atoms with E-state index in [0.29, 0.717) is 5.92 Å². The van der Waals surface area contributed by atoms with E-state index in [1.165, 1.54) is 0 Å². The van der Waals surface area contributed by atoms with Gasteiger partial charge in [0.1, 0.15) is 5.75 Å². The van der Waals surface area contributed by atoms with Gasteiger partial charge in [-0.05, 0) is 23.6 Å². The molecule has 0 aliphatic carbocycles. The molecule has 3 nitrogen and oxygen atoms in total. The van der Waals surface area contributed by atoms with Gasteiger partial charge in [0, 0.05) is 25.7 Å². The van der Waals surface area contributed by atoms with Crippen LogP contribution >= 0.6 is 0 Å². The average molecular weight is 288 g/mol. The fourth-order valence-electron chi connectivity index (χ4n) is 2.34. The van der Waals surface area contributed by atoms with E-state index >= 15 is 0 Å². The minimum absolute atomic E-state index is 0.199. The van der Waals surface area contributed by atoms with Crippen LogP contribution in [-0.4, -0.2) is 36.8 Å². The maximum atomic E-state index is 12.0. The average Bonchev–Trinajstić information content (AvgIpc) is 2.66. The van der Waals surface area contributed by atoms with E-state index < -0.39 is 12.8 Å². The number of rotatable bonds is 4. The normalized spacial score (nSPS) is 24.1. The fourth-order valence-corrected chi connectivity index (χ4v) is 2.34. The summed E-state index contributed by atoms with van der Waals surface area (Å²) < 4.78 is 40.7. The zero-order valence-corrected chi connectivity index (χ0v) is 11.4. The molecule has 2 N–H and O–H groups in total. The number of likely N-dealkylation sites (tertiary alicyclic amines) is 1. The molecule has 0 radical (unpaired) electrons. The lowest BCUT2D eigenvalue weighted by atomic mass is 10.1. The topological polar surface area (TPSA) is 38.5 Å². The maximum Gasteiger partial charge on any atom is 0.422 e. The molecule has 0 aromatic heterocycles. The van der Waals surface area contributed by atoms with Gasteiger partial charge >= 0.3 is 6.18 Å². The van der Waals surface area contributed by atoms with E-state index in [9.17, 15) is 13.2 Å². The number of alkyl halides is 3. The third-order valence-corrected chi connectivity index (χ3v) is 3.48. The lowest BCUT2D eigenvalue weighted by molar-refractivity contribution is -0.153. The Kier molecular flexibility index (Phi) is 4.55. The highest BCUT2D eigenvalue weighted by atomic mass is 19.4. The van der Waals surface area contributed by atoms with E-state index in [4.69, 9.17) is 5.73 Å². The second kappa shape index (κ2) is 6.01. The highest BCUT2D eigenvalue weighted by Crippen LogP contribution is 2.21. The molecule has 0 bridgehead atoms. The first-order valence-corrected chi connectivity index (χ1v) is 6.60. The van der Waals surface area contributed by atoms with Crippen LogP contribution in [0.15, 0.2) is 24.3 Å². The summed E-state index contributed by atoms with van der Waals surface area (Å²) in [6.07, 6.45) is -4.31. The largest absolute Gasteiger partial charge is 0.484 e. The predicted octanol–water partition coefficient (Wildman–Crippen LogP) is 2.41. The number of nitrogens with zero attached hydrogens (tertiary/aromatic N) is 1. The van der Waals surface area contributed by atoms with Crippen molar-refractivity contribution in [2.24, 2.45) is 11.7 Å². The van der Waals surface area contributed by atoms with Crippen molar-refractivity contribution in [3.05, 3.63) is 29.8 Å². The van der Waals surface area contributed by atoms with Gasteiger partial charge in [-0.15, -0.1) is 0 Å². The summed E-state index contributed by atoms with van der Waals surface area (Å²) in [5.74, 6) is 0.710. The molecule has 112 valence electrons. The molecule has 6 heteroatoms. The van der Waals surface area contributed by atoms with Gasteiger partial charge in [-0.25, -0.2) is 0 Å². The maximum absolute atomic E-state index is 12.0. The molecule has 0 amide bonds. The number of nitrogens with two attached hydrogens (primary N) is 1. The van der Waals surface area contributed by atoms with Crippen molar-refractivity contribution in [2.45, 2.75) is 25.7 Å². The summed E-state index contributed by atoms with van der Waals surface area (Å²) in [5, 5.41) is 0. The van der Waals surface area contributed by atoms with Gasteiger partial charge in [0.25, 0.3) is 0 Å². The first kappa shape index (κ1) is 15.1. The summed E-state index contributed by atoms with van der Waals surface area (Å²) in [7, 11) is 0. The van der Waals surface area contributed by atoms with Crippen molar-refractivity contribution < 1.29 is 17.9 Å². The molecule has 0 saturated carbocycles. The van der Waals surface area contributed by atoms with Gasteiger partial charge < -0.3 is 10.5 Å². The molecule has 1 aromatic carbocycles. The molecule has 1 fully saturated rings. The first-order chi connectivity index (χ1) is 9.33. The van der Waals surface area contributed by atoms with Crippen LogP contribution in [0.1, 0.15) is 12.5 Å². The third-order valence-electron chi connectivity index (χ3n) is 3.48. The third kappa shape index (κ3) is 4.38. The lowest BCUT2D eigenvalue weighted by Gasteiger charge is -2.15. The minimum atomic E-state index is -4.31. The lowest BCUT2D eigenvalue weighted by Crippen LogP contribution is -2.28. The molecular formula is C14H19F3N2O. The molecule has 1 aliphatic heterocycles. The number of benzene rings is 1. The molecular weight excluding hydrogens is 269 g/mol. The highest BCUT2D eigenvalue weighted by Gasteiger charge is 2.28. The summed E-state index contributed by atoms with van der Waals surface area (Å²) >= 11 is 0. The van der Waals surface area contributed by atoms with Crippen molar-refractivity contribution in [3.63, 3.8) is 0 Å². The zero-order valence-electron chi connectivity index (χ0n) is 11.4. The van der Waals surface area contributed by atoms with Gasteiger partial charge in [-0.3, -0.25) is 4.90 Å². The quantitative estimate of drug-likeness (QED) is 0.924. The molecule has 0 spiro atoms. The van der Waals surface area contributed by atoms with Gasteiger partial charge in [-0.1, -0.05) is 19.1 Å². The van der Waals surface area contributed by atoms with Gasteiger partial charge in [0.05, 0.1) is 0 Å². The van der Waals surface area contributed by atoms with E-state index in [2.05, 4.69) is 16.6 Å². The van der Waals surface area contributed by atoms with Gasteiger partial charge in [0.15, 0.2) is 6.61 Å². The van der Waals surface area contributed by atoms with Gasteiger partial charge in [0.2, 0.25) is 0 Å². The Morgan fingerprint density at radius 2 is 1.90 bits per heavy atom. The highest BCUT2D eigenvalue weighted by molar-refractivity contribution is 5.27. The summed E-state index contributed by atoms with van der Waals surface area (Å²) in [4.78, 5) is 2.25. The van der Waals surface area contributed by atoms with E-state index in [0.717, 1.165) is 25.2 Å². The van der Waals surface area contributed by atoms with Crippen molar-refractivity contribution in [1.29, 1.82) is 0 Å². The number of ether oxygens (including phenoxy) is 1. The summed E-state index contributed by atoms with van der Waals surface area (Å²) in [6, 6.07) is 6.92. The van der Waals surface area contributed by atoms with Crippen LogP contribution in [0.2, 0.25) is 0 Å². The Balaban J connectivity index is 1.86. The van der Waals surface area contributed by atoms with Crippen LogP contribution in [0.25, 0.3) is 0 Å². The number of halogens is 3. The minimum Gasteiger partial charge on any atom is -0.484 e. The van der Waals surface area contributed by atoms with Crippen LogP contribution in [-0.2, 0) is 6.54 Å². The molecule has 1 saturated heterocycles. The second-order valence-corrected chi connectivity index (χ2v) is 5.38. The SMILES string of the molecule is CC1CN(Cc2ccc(OCC(F)(F)F)cc2)CC1N. The predicted molar refractivity (Wildman–Crippen MR) is 70.4 cm³/mol. The smallest absolute Gasteiger partial charge is 0.422 e. The Morgan fingerprint density at radius 1 is 1.25 bits per heavy atom. The first-order valence-electron chi connectivity index (χ1n) is 6.60. The van der Waals surface area contributed by atoms with E-state index in [1.807, 2.05) is 0 Å². The Hall–Kier alpha value is -1.27. The zero-order chi connectivity index (χ0) is 14.8. The molecule has 2 unspecified atom stereocenters. The van der Waals surface area contributed by atoms with E-state index in [1.54, 1.807) is 24.3 Å². The van der Waals surface area contributed by atoms with Gasteiger partial charge in [-0.2, -0.15) is 13.2 Å². The van der Waals surface area contributed by atoms with E-state index in [-0.39, 0.29) is 11.8 Å². The second-order valence-electron chi connectivity index (χ2n) is 5.38. The summed E-state index contributed by atoms with van der Waals surface area (Å²) in [6.45, 7) is 3.43. The van der Waals surface area contributed by atoms with Crippen LogP contribution in [0.4, 0.5) is 13.2 Å². The van der Waals surface area contributed by atoms with Crippen LogP contribution in [0, 0.1) is 5.92 Å². The molecule has 2 rings (SSSR count). The van der Waals surface area contributed by atoms with Crippen LogP contribution in [0.3, 0.4) is 0 Å². The van der Waals surface area contributed by atoms with Crippen LogP contribution in [0.5, 0.6) is 5.75 Å². The van der Waals surface area contributed by atoms with Crippen molar-refractivity contribution in [2.75, 3.05) is 19.7 Å². The number of hydrogen-bond donors (Lipinski definition) is 1. The van der Waals surface area contributed by atoms with Crippen molar-refractivity contribution in [1.82, 2.24) is 4.90 Å². The summed E-state index contributed by atoms with van der Waals surface area (Å²) in [5.41, 5.74) is 7.01. The van der Waals surface area contributed by atoms with Crippen molar-refractivity contribution >= 4 is 0 Å². The molecule has 1 aromatic rings. The fraction of sp³-hybridized carbons (Fsp3) is 0.571. The molecule has 20 heavy (non-hydrogen) atoms. The molecule has 1 aliphatic rings. The van der Waals surface area contributed by atoms with Crippen LogP contribution < -0.4 is 10.5 Å². The van der Waals surface area contributed by atoms with Crippen molar-refractivity contribution in [3.8, 4) is 5.75 Å². The monoisotopic (exact) mass is 288 g/mol. The molecule has 2 atom stereocenters. The Bertz CT molecular complexity index is 423. The Morgan fingerprint density at radius 3 is 2.40 bits per heavy atom.